The van der Waals surface area contributed by atoms with Crippen molar-refractivity contribution in [2.45, 2.75) is 39.3 Å². The molecule has 22 heavy (non-hydrogen) atoms. The minimum Gasteiger partial charge on any atom is -0.342 e. The van der Waals surface area contributed by atoms with Crippen LogP contribution in [-0.4, -0.2) is 41.2 Å². The lowest BCUT2D eigenvalue weighted by Gasteiger charge is -2.25. The van der Waals surface area contributed by atoms with Gasteiger partial charge in [-0.1, -0.05) is 30.3 Å². The molecule has 0 heterocycles. The van der Waals surface area contributed by atoms with Crippen molar-refractivity contribution < 1.29 is 9.59 Å². The maximum Gasteiger partial charge on any atom is 0.224 e. The van der Waals surface area contributed by atoms with Crippen molar-refractivity contribution in [3.63, 3.8) is 0 Å². The Labute approximate surface area is 132 Å². The monoisotopic (exact) mass is 301 g/mol. The van der Waals surface area contributed by atoms with E-state index in [0.717, 1.165) is 5.56 Å². The Hall–Kier alpha value is -2.35. The average molecular weight is 301 g/mol. The molecule has 0 bridgehead atoms. The Balaban J connectivity index is 2.56. The summed E-state index contributed by atoms with van der Waals surface area (Å²) in [6.45, 7) is 4.23. The number of nitrogens with zero attached hydrogens (tertiary/aromatic N) is 3. The molecule has 1 aromatic rings. The van der Waals surface area contributed by atoms with Crippen LogP contribution in [0.4, 0.5) is 0 Å². The van der Waals surface area contributed by atoms with Crippen molar-refractivity contribution in [1.29, 1.82) is 5.26 Å². The molecule has 0 saturated heterocycles. The van der Waals surface area contributed by atoms with Crippen molar-refractivity contribution in [1.82, 2.24) is 9.80 Å². The van der Waals surface area contributed by atoms with Gasteiger partial charge in [0.15, 0.2) is 0 Å². The summed E-state index contributed by atoms with van der Waals surface area (Å²) in [4.78, 5) is 27.1. The number of hydrogen-bond acceptors (Lipinski definition) is 3. The predicted molar refractivity (Wildman–Crippen MR) is 84.6 cm³/mol. The third-order valence-electron chi connectivity index (χ3n) is 3.70. The van der Waals surface area contributed by atoms with Gasteiger partial charge in [-0.3, -0.25) is 9.59 Å². The highest BCUT2D eigenvalue weighted by Crippen LogP contribution is 2.08. The van der Waals surface area contributed by atoms with E-state index in [9.17, 15) is 9.59 Å². The fraction of sp³-hybridized carbons (Fsp3) is 0.471. The first-order valence-corrected chi connectivity index (χ1v) is 7.37. The fourth-order valence-electron chi connectivity index (χ4n) is 2.07. The lowest BCUT2D eigenvalue weighted by molar-refractivity contribution is -0.134. The second-order valence-electron chi connectivity index (χ2n) is 5.39. The number of benzene rings is 1. The van der Waals surface area contributed by atoms with Crippen LogP contribution in [0.2, 0.25) is 0 Å². The number of amides is 2. The highest BCUT2D eigenvalue weighted by atomic mass is 16.2. The average Bonchev–Trinajstić information content (AvgIpc) is 2.51. The third kappa shape index (κ3) is 5.57. The highest BCUT2D eigenvalue weighted by Gasteiger charge is 2.17. The van der Waals surface area contributed by atoms with E-state index in [4.69, 9.17) is 5.26 Å². The summed E-state index contributed by atoms with van der Waals surface area (Å²) in [5.74, 6) is -0.105. The Kier molecular flexibility index (Phi) is 7.11. The molecule has 0 aliphatic heterocycles. The van der Waals surface area contributed by atoms with E-state index in [-0.39, 0.29) is 24.3 Å². The van der Waals surface area contributed by atoms with Gasteiger partial charge in [0.25, 0.3) is 0 Å². The number of rotatable bonds is 7. The normalized spacial score (nSPS) is 11.4. The van der Waals surface area contributed by atoms with E-state index in [0.29, 0.717) is 19.5 Å². The van der Waals surface area contributed by atoms with Crippen LogP contribution in [0, 0.1) is 11.3 Å². The lowest BCUT2D eigenvalue weighted by atomic mass is 10.2. The van der Waals surface area contributed by atoms with Gasteiger partial charge in [-0.2, -0.15) is 5.26 Å². The van der Waals surface area contributed by atoms with Crippen LogP contribution in [0.3, 0.4) is 0 Å². The molecule has 0 aromatic heterocycles. The SMILES string of the molecule is CC(=O)N(CCC(=O)N(C)C(C)CC#N)Cc1ccccc1. The van der Waals surface area contributed by atoms with Gasteiger partial charge >= 0.3 is 0 Å². The lowest BCUT2D eigenvalue weighted by Crippen LogP contribution is -2.38. The van der Waals surface area contributed by atoms with E-state index in [1.54, 1.807) is 16.8 Å². The van der Waals surface area contributed by atoms with E-state index in [1.165, 1.54) is 6.92 Å². The van der Waals surface area contributed by atoms with Crippen molar-refractivity contribution >= 4 is 11.8 Å². The number of hydrogen-bond donors (Lipinski definition) is 0. The molecule has 0 N–H and O–H groups in total. The first-order valence-electron chi connectivity index (χ1n) is 7.37. The van der Waals surface area contributed by atoms with Crippen molar-refractivity contribution in [2.75, 3.05) is 13.6 Å². The topological polar surface area (TPSA) is 64.4 Å². The van der Waals surface area contributed by atoms with Crippen LogP contribution in [-0.2, 0) is 16.1 Å². The van der Waals surface area contributed by atoms with Crippen molar-refractivity contribution in [2.24, 2.45) is 0 Å². The van der Waals surface area contributed by atoms with Crippen LogP contribution >= 0.6 is 0 Å². The van der Waals surface area contributed by atoms with Gasteiger partial charge in [0, 0.05) is 39.5 Å². The van der Waals surface area contributed by atoms with Crippen LogP contribution in [0.15, 0.2) is 30.3 Å². The molecule has 1 unspecified atom stereocenters. The quantitative estimate of drug-likeness (QED) is 0.775. The Morgan fingerprint density at radius 3 is 2.45 bits per heavy atom. The molecule has 2 amide bonds. The Morgan fingerprint density at radius 2 is 1.91 bits per heavy atom. The summed E-state index contributed by atoms with van der Waals surface area (Å²) < 4.78 is 0. The Bertz CT molecular complexity index is 537. The number of carbonyl (C=O) groups is 2. The summed E-state index contributed by atoms with van der Waals surface area (Å²) in [7, 11) is 1.69. The zero-order valence-electron chi connectivity index (χ0n) is 13.5. The van der Waals surface area contributed by atoms with E-state index >= 15 is 0 Å². The van der Waals surface area contributed by atoms with E-state index < -0.39 is 0 Å². The first-order chi connectivity index (χ1) is 10.5. The summed E-state index contributed by atoms with van der Waals surface area (Å²) in [5, 5.41) is 8.68. The summed E-state index contributed by atoms with van der Waals surface area (Å²) in [6, 6.07) is 11.6. The van der Waals surface area contributed by atoms with Gasteiger partial charge < -0.3 is 9.80 Å². The van der Waals surface area contributed by atoms with Crippen LogP contribution in [0.5, 0.6) is 0 Å². The zero-order chi connectivity index (χ0) is 16.5. The second-order valence-corrected chi connectivity index (χ2v) is 5.39. The molecule has 0 radical (unpaired) electrons. The third-order valence-corrected chi connectivity index (χ3v) is 3.70. The summed E-state index contributed by atoms with van der Waals surface area (Å²) >= 11 is 0. The van der Waals surface area contributed by atoms with E-state index in [2.05, 4.69) is 6.07 Å². The minimum absolute atomic E-state index is 0.0515. The first kappa shape index (κ1) is 17.7. The molecule has 1 atom stereocenters. The zero-order valence-corrected chi connectivity index (χ0v) is 13.5. The standard InChI is InChI=1S/C17H23N3O2/c1-14(9-11-18)19(3)17(22)10-12-20(15(2)21)13-16-7-5-4-6-8-16/h4-8,14H,9-10,12-13H2,1-3H3. The Morgan fingerprint density at radius 1 is 1.27 bits per heavy atom. The minimum atomic E-state index is -0.114. The van der Waals surface area contributed by atoms with Gasteiger partial charge in [0.2, 0.25) is 11.8 Å². The van der Waals surface area contributed by atoms with Crippen LogP contribution in [0.1, 0.15) is 32.3 Å². The molecular formula is C17H23N3O2. The smallest absolute Gasteiger partial charge is 0.224 e. The molecule has 0 saturated carbocycles. The van der Waals surface area contributed by atoms with Crippen molar-refractivity contribution in [3.8, 4) is 6.07 Å². The predicted octanol–water partition coefficient (Wildman–Crippen LogP) is 2.19. The molecule has 118 valence electrons. The van der Waals surface area contributed by atoms with Gasteiger partial charge in [0.05, 0.1) is 12.5 Å². The number of nitriles is 1. The summed E-state index contributed by atoms with van der Waals surface area (Å²) in [5.41, 5.74) is 1.04. The maximum absolute atomic E-state index is 12.1. The molecule has 5 nitrogen and oxygen atoms in total. The van der Waals surface area contributed by atoms with Gasteiger partial charge in [0.1, 0.15) is 0 Å². The highest BCUT2D eigenvalue weighted by molar-refractivity contribution is 5.78. The molecule has 5 heteroatoms. The fourth-order valence-corrected chi connectivity index (χ4v) is 2.07. The van der Waals surface area contributed by atoms with Gasteiger partial charge in [-0.25, -0.2) is 0 Å². The molecule has 1 aromatic carbocycles. The largest absolute Gasteiger partial charge is 0.342 e. The molecule has 0 aliphatic carbocycles. The van der Waals surface area contributed by atoms with Gasteiger partial charge in [-0.05, 0) is 12.5 Å². The summed E-state index contributed by atoms with van der Waals surface area (Å²) in [6.07, 6.45) is 0.571. The second kappa shape index (κ2) is 8.83. The van der Waals surface area contributed by atoms with Gasteiger partial charge in [-0.15, -0.1) is 0 Å². The van der Waals surface area contributed by atoms with Crippen molar-refractivity contribution in [3.05, 3.63) is 35.9 Å². The van der Waals surface area contributed by atoms with Crippen LogP contribution in [0.25, 0.3) is 0 Å². The molecule has 0 aliphatic rings. The van der Waals surface area contributed by atoms with E-state index in [1.807, 2.05) is 37.3 Å². The molecule has 0 fully saturated rings. The molecular weight excluding hydrogens is 278 g/mol. The molecule has 0 spiro atoms. The maximum atomic E-state index is 12.1. The molecule has 1 rings (SSSR count). The van der Waals surface area contributed by atoms with Crippen LogP contribution < -0.4 is 0 Å². The number of carbonyl (C=O) groups excluding carboxylic acids is 2.